The molecule has 0 amide bonds. The van der Waals surface area contributed by atoms with Gasteiger partial charge in [-0.15, -0.1) is 0 Å². The molecular formula is C26H40O3Si2. The number of hydrogen-bond donors (Lipinski definition) is 1. The van der Waals surface area contributed by atoms with Crippen LogP contribution in [0.2, 0.25) is 36.3 Å². The van der Waals surface area contributed by atoms with Crippen molar-refractivity contribution in [1.29, 1.82) is 0 Å². The standard InChI is InChI=1S/C26H40O3Si2/c1-25(2,3)30(7,8)28-23-17-21(12-11-20-13-15-22(27)16-14-20)18-24(19-23)29-31(9,10)26(4,5)6/h11-19,27H,1-10H3. The quantitative estimate of drug-likeness (QED) is 0.351. The van der Waals surface area contributed by atoms with Crippen molar-refractivity contribution >= 4 is 28.8 Å². The predicted octanol–water partition coefficient (Wildman–Crippen LogP) is 8.33. The molecule has 2 aromatic carbocycles. The van der Waals surface area contributed by atoms with Gasteiger partial charge < -0.3 is 14.0 Å². The Hall–Kier alpha value is -1.99. The third-order valence-corrected chi connectivity index (χ3v) is 15.3. The molecule has 0 spiro atoms. The molecule has 170 valence electrons. The Morgan fingerprint density at radius 3 is 1.42 bits per heavy atom. The third-order valence-electron chi connectivity index (χ3n) is 6.62. The van der Waals surface area contributed by atoms with Crippen LogP contribution >= 0.6 is 0 Å². The van der Waals surface area contributed by atoms with E-state index < -0.39 is 16.6 Å². The second-order valence-corrected chi connectivity index (χ2v) is 20.8. The molecule has 2 aromatic rings. The zero-order chi connectivity index (χ0) is 23.7. The molecule has 2 rings (SSSR count). The molecule has 1 N–H and O–H groups in total. The van der Waals surface area contributed by atoms with Gasteiger partial charge in [0.05, 0.1) is 0 Å². The molecule has 0 aliphatic carbocycles. The fourth-order valence-corrected chi connectivity index (χ4v) is 4.51. The van der Waals surface area contributed by atoms with Crippen LogP contribution in [0.1, 0.15) is 52.7 Å². The maximum absolute atomic E-state index is 9.51. The Morgan fingerprint density at radius 1 is 0.645 bits per heavy atom. The van der Waals surface area contributed by atoms with E-state index in [0.717, 1.165) is 22.6 Å². The van der Waals surface area contributed by atoms with Crippen molar-refractivity contribution in [3.05, 3.63) is 53.6 Å². The molecule has 0 unspecified atom stereocenters. The molecule has 31 heavy (non-hydrogen) atoms. The highest BCUT2D eigenvalue weighted by Gasteiger charge is 2.40. The molecule has 0 fully saturated rings. The molecule has 0 aliphatic rings. The minimum atomic E-state index is -1.98. The van der Waals surface area contributed by atoms with Crippen LogP contribution in [0.15, 0.2) is 42.5 Å². The maximum Gasteiger partial charge on any atom is 0.250 e. The minimum Gasteiger partial charge on any atom is -0.543 e. The summed E-state index contributed by atoms with van der Waals surface area (Å²) in [6, 6.07) is 13.4. The van der Waals surface area contributed by atoms with Gasteiger partial charge in [-0.3, -0.25) is 0 Å². The largest absolute Gasteiger partial charge is 0.543 e. The summed E-state index contributed by atoms with van der Waals surface area (Å²) in [7, 11) is -3.95. The van der Waals surface area contributed by atoms with Crippen LogP contribution in [-0.2, 0) is 0 Å². The Balaban J connectivity index is 2.45. The summed E-state index contributed by atoms with van der Waals surface area (Å²) in [5.41, 5.74) is 2.07. The minimum absolute atomic E-state index is 0.116. The second kappa shape index (κ2) is 8.87. The summed E-state index contributed by atoms with van der Waals surface area (Å²) in [6.07, 6.45) is 4.12. The SMILES string of the molecule is CC(C)(C)[Si](C)(C)Oc1cc(C=Cc2ccc(O)cc2)cc(O[Si](C)(C)C(C)(C)C)c1. The lowest BCUT2D eigenvalue weighted by Gasteiger charge is -2.38. The summed E-state index contributed by atoms with van der Waals surface area (Å²) in [5, 5.41) is 9.75. The van der Waals surface area contributed by atoms with Crippen LogP contribution in [0.4, 0.5) is 0 Å². The van der Waals surface area contributed by atoms with Gasteiger partial charge in [0, 0.05) is 6.07 Å². The van der Waals surface area contributed by atoms with Crippen molar-refractivity contribution in [2.75, 3.05) is 0 Å². The molecule has 0 heterocycles. The third kappa shape index (κ3) is 6.75. The second-order valence-electron chi connectivity index (χ2n) is 11.4. The van der Waals surface area contributed by atoms with Gasteiger partial charge in [-0.2, -0.15) is 0 Å². The van der Waals surface area contributed by atoms with Gasteiger partial charge in [0.15, 0.2) is 0 Å². The molecule has 0 saturated carbocycles. The van der Waals surface area contributed by atoms with E-state index in [9.17, 15) is 5.11 Å². The average Bonchev–Trinajstić information content (AvgIpc) is 2.58. The van der Waals surface area contributed by atoms with Crippen molar-refractivity contribution < 1.29 is 14.0 Å². The first-order valence-corrected chi connectivity index (χ1v) is 16.8. The highest BCUT2D eigenvalue weighted by molar-refractivity contribution is 6.75. The van der Waals surface area contributed by atoms with Crippen LogP contribution in [0.3, 0.4) is 0 Å². The summed E-state index contributed by atoms with van der Waals surface area (Å²) in [5.74, 6) is 2.01. The van der Waals surface area contributed by atoms with Gasteiger partial charge in [0.1, 0.15) is 17.2 Å². The topological polar surface area (TPSA) is 38.7 Å². The lowest BCUT2D eigenvalue weighted by atomic mass is 10.1. The van der Waals surface area contributed by atoms with Crippen LogP contribution in [-0.4, -0.2) is 21.7 Å². The summed E-state index contributed by atoms with van der Waals surface area (Å²) >= 11 is 0. The van der Waals surface area contributed by atoms with Crippen molar-refractivity contribution in [3.8, 4) is 17.2 Å². The Labute approximate surface area is 191 Å². The normalized spacial score (nSPS) is 13.5. The molecule has 0 radical (unpaired) electrons. The first kappa shape index (κ1) is 25.3. The van der Waals surface area contributed by atoms with Crippen LogP contribution < -0.4 is 8.85 Å². The van der Waals surface area contributed by atoms with Crippen molar-refractivity contribution in [2.24, 2.45) is 0 Å². The van der Waals surface area contributed by atoms with E-state index >= 15 is 0 Å². The van der Waals surface area contributed by atoms with Gasteiger partial charge >= 0.3 is 0 Å². The summed E-state index contributed by atoms with van der Waals surface area (Å²) in [4.78, 5) is 0. The number of phenols is 1. The van der Waals surface area contributed by atoms with Crippen molar-refractivity contribution in [2.45, 2.75) is 77.8 Å². The molecule has 0 aliphatic heterocycles. The fraction of sp³-hybridized carbons (Fsp3) is 0.462. The number of benzene rings is 2. The number of hydrogen-bond acceptors (Lipinski definition) is 3. The molecule has 5 heteroatoms. The number of phenolic OH excluding ortho intramolecular Hbond substituents is 1. The number of aromatic hydroxyl groups is 1. The lowest BCUT2D eigenvalue weighted by molar-refractivity contribution is 0.474. The van der Waals surface area contributed by atoms with E-state index in [1.165, 1.54) is 0 Å². The van der Waals surface area contributed by atoms with Crippen molar-refractivity contribution in [3.63, 3.8) is 0 Å². The summed E-state index contributed by atoms with van der Waals surface area (Å²) in [6.45, 7) is 22.6. The first-order chi connectivity index (χ1) is 14.0. The lowest BCUT2D eigenvalue weighted by Crippen LogP contribution is -2.44. The van der Waals surface area contributed by atoms with Gasteiger partial charge in [-0.1, -0.05) is 65.8 Å². The fourth-order valence-electron chi connectivity index (χ4n) is 2.48. The Kier molecular flexibility index (Phi) is 7.23. The van der Waals surface area contributed by atoms with E-state index in [1.54, 1.807) is 12.1 Å². The monoisotopic (exact) mass is 456 g/mol. The summed E-state index contributed by atoms with van der Waals surface area (Å²) < 4.78 is 13.2. The first-order valence-electron chi connectivity index (χ1n) is 11.0. The average molecular weight is 457 g/mol. The highest BCUT2D eigenvalue weighted by Crippen LogP contribution is 2.41. The van der Waals surface area contributed by atoms with E-state index in [4.69, 9.17) is 8.85 Å². The van der Waals surface area contributed by atoms with Crippen molar-refractivity contribution in [1.82, 2.24) is 0 Å². The van der Waals surface area contributed by atoms with E-state index in [-0.39, 0.29) is 15.8 Å². The van der Waals surface area contributed by atoms with E-state index in [2.05, 4.69) is 92.0 Å². The van der Waals surface area contributed by atoms with E-state index in [0.29, 0.717) is 0 Å². The number of rotatable bonds is 6. The van der Waals surface area contributed by atoms with Gasteiger partial charge in [-0.25, -0.2) is 0 Å². The predicted molar refractivity (Wildman–Crippen MR) is 139 cm³/mol. The molecule has 0 aromatic heterocycles. The zero-order valence-electron chi connectivity index (χ0n) is 21.0. The Bertz CT molecular complexity index is 869. The zero-order valence-corrected chi connectivity index (χ0v) is 23.0. The molecule has 3 nitrogen and oxygen atoms in total. The molecule has 0 atom stereocenters. The maximum atomic E-state index is 9.51. The van der Waals surface area contributed by atoms with E-state index in [1.807, 2.05) is 18.2 Å². The van der Waals surface area contributed by atoms with Gasteiger partial charge in [0.2, 0.25) is 16.6 Å². The molecular weight excluding hydrogens is 416 g/mol. The van der Waals surface area contributed by atoms with Crippen LogP contribution in [0.25, 0.3) is 12.2 Å². The van der Waals surface area contributed by atoms with Gasteiger partial charge in [-0.05, 0) is 71.7 Å². The molecule has 0 saturated heterocycles. The Morgan fingerprint density at radius 2 is 1.03 bits per heavy atom. The smallest absolute Gasteiger partial charge is 0.250 e. The van der Waals surface area contributed by atoms with Gasteiger partial charge in [0.25, 0.3) is 0 Å². The molecule has 0 bridgehead atoms. The highest BCUT2D eigenvalue weighted by atomic mass is 28.4. The van der Waals surface area contributed by atoms with Crippen LogP contribution in [0, 0.1) is 0 Å². The van der Waals surface area contributed by atoms with Crippen LogP contribution in [0.5, 0.6) is 17.2 Å².